The molecule has 0 N–H and O–H groups in total. The lowest BCUT2D eigenvalue weighted by atomic mass is 10.3. The molecule has 0 aliphatic heterocycles. The van der Waals surface area contributed by atoms with E-state index in [2.05, 4.69) is 8.37 Å². The molecule has 0 fully saturated rings. The molecule has 0 radical (unpaired) electrons. The van der Waals surface area contributed by atoms with Gasteiger partial charge in [-0.1, -0.05) is 23.2 Å². The first-order chi connectivity index (χ1) is 7.98. The number of benzene rings is 1. The van der Waals surface area contributed by atoms with Crippen LogP contribution in [0.15, 0.2) is 12.1 Å². The molecule has 0 aliphatic rings. The molecule has 1 aromatic rings. The van der Waals surface area contributed by atoms with E-state index in [1.54, 1.807) is 0 Å². The molecule has 0 saturated carbocycles. The molecule has 0 bridgehead atoms. The van der Waals surface area contributed by atoms with E-state index in [1.165, 1.54) is 0 Å². The third-order valence-electron chi connectivity index (χ3n) is 1.35. The van der Waals surface area contributed by atoms with Crippen LogP contribution in [0.5, 0.6) is 11.5 Å². The van der Waals surface area contributed by atoms with Gasteiger partial charge in [-0.05, 0) is 0 Å². The first-order valence-electron chi connectivity index (χ1n) is 3.75. The van der Waals surface area contributed by atoms with Crippen LogP contribution in [0.4, 0.5) is 0 Å². The van der Waals surface area contributed by atoms with Crippen molar-refractivity contribution in [3.05, 3.63) is 22.2 Å². The molecule has 12 heteroatoms. The highest BCUT2D eigenvalue weighted by Gasteiger charge is 2.19. The fourth-order valence-corrected chi connectivity index (χ4v) is 2.45. The van der Waals surface area contributed by atoms with E-state index in [1.807, 2.05) is 0 Å². The lowest BCUT2D eigenvalue weighted by Gasteiger charge is -2.08. The number of hydrogen-bond donors (Lipinski definition) is 0. The van der Waals surface area contributed by atoms with Crippen molar-refractivity contribution in [1.82, 2.24) is 0 Å². The molecule has 0 atom stereocenters. The zero-order valence-corrected chi connectivity index (χ0v) is 12.6. The minimum absolute atomic E-state index is 0.106. The van der Waals surface area contributed by atoms with E-state index in [0.29, 0.717) is 0 Å². The summed E-state index contributed by atoms with van der Waals surface area (Å²) < 4.78 is 51.4. The summed E-state index contributed by atoms with van der Waals surface area (Å²) in [5, 5.41) is -0.585. The van der Waals surface area contributed by atoms with Gasteiger partial charge in [-0.15, -0.1) is 0 Å². The molecule has 6 nitrogen and oxygen atoms in total. The average molecular weight is 376 g/mol. The Bertz CT molecular complexity index is 612. The van der Waals surface area contributed by atoms with Crippen molar-refractivity contribution in [3.63, 3.8) is 0 Å². The summed E-state index contributed by atoms with van der Waals surface area (Å²) in [5.74, 6) is -1.01. The summed E-state index contributed by atoms with van der Waals surface area (Å²) in [6.07, 6.45) is 0. The van der Waals surface area contributed by atoms with Crippen molar-refractivity contribution >= 4 is 63.2 Å². The second-order valence-corrected chi connectivity index (χ2v) is 7.66. The molecule has 18 heavy (non-hydrogen) atoms. The Labute approximate surface area is 122 Å². The quantitative estimate of drug-likeness (QED) is 0.752. The topological polar surface area (TPSA) is 86.7 Å². The fourth-order valence-electron chi connectivity index (χ4n) is 0.876. The van der Waals surface area contributed by atoms with Gasteiger partial charge in [-0.2, -0.15) is 16.8 Å². The van der Waals surface area contributed by atoms with Gasteiger partial charge >= 0.3 is 18.7 Å². The maximum absolute atomic E-state index is 10.7. The first-order valence-corrected chi connectivity index (χ1v) is 8.97. The Hall–Kier alpha value is -0.120. The zero-order valence-electron chi connectivity index (χ0n) is 7.93. The van der Waals surface area contributed by atoms with Crippen molar-refractivity contribution in [2.75, 3.05) is 0 Å². The molecule has 0 aliphatic carbocycles. The van der Waals surface area contributed by atoms with Gasteiger partial charge in [0, 0.05) is 17.2 Å². The van der Waals surface area contributed by atoms with Crippen LogP contribution in [0.3, 0.4) is 0 Å². The van der Waals surface area contributed by atoms with Crippen LogP contribution in [0.1, 0.15) is 0 Å². The highest BCUT2D eigenvalue weighted by Crippen LogP contribution is 2.39. The summed E-state index contributed by atoms with van der Waals surface area (Å²) in [7, 11) is 0.910. The molecule has 0 spiro atoms. The van der Waals surface area contributed by atoms with Crippen LogP contribution in [0, 0.1) is 0 Å². The van der Waals surface area contributed by atoms with Gasteiger partial charge in [-0.25, -0.2) is 0 Å². The summed E-state index contributed by atoms with van der Waals surface area (Å²) >= 11 is 11.2. The van der Waals surface area contributed by atoms with Crippen LogP contribution in [0.2, 0.25) is 10.0 Å². The second-order valence-electron chi connectivity index (χ2n) is 2.67. The molecule has 0 amide bonds. The van der Waals surface area contributed by atoms with E-state index < -0.39 is 35.2 Å². The van der Waals surface area contributed by atoms with Gasteiger partial charge in [0.1, 0.15) is 5.02 Å². The van der Waals surface area contributed by atoms with Crippen molar-refractivity contribution in [3.8, 4) is 11.5 Å². The predicted molar refractivity (Wildman–Crippen MR) is 67.3 cm³/mol. The minimum Gasteiger partial charge on any atom is -0.369 e. The first kappa shape index (κ1) is 15.9. The molecule has 102 valence electrons. The van der Waals surface area contributed by atoms with Crippen molar-refractivity contribution in [2.24, 2.45) is 0 Å². The molecule has 0 unspecified atom stereocenters. The Balaban J connectivity index is 3.31. The fraction of sp³-hybridized carbons (Fsp3) is 0. The third-order valence-corrected chi connectivity index (χ3v) is 3.08. The molecule has 1 rings (SSSR count). The SMILES string of the molecule is O=S(=O)(Cl)Oc1cc(Cl)cc(OS(=O)(=O)Cl)c1Cl. The molecule has 0 saturated heterocycles. The van der Waals surface area contributed by atoms with E-state index in [0.717, 1.165) is 12.1 Å². The van der Waals surface area contributed by atoms with Gasteiger partial charge in [0.15, 0.2) is 11.5 Å². The number of hydrogen-bond acceptors (Lipinski definition) is 6. The van der Waals surface area contributed by atoms with Crippen LogP contribution in [0.25, 0.3) is 0 Å². The summed E-state index contributed by atoms with van der Waals surface area (Å²) in [4.78, 5) is 0. The van der Waals surface area contributed by atoms with Gasteiger partial charge in [0.05, 0.1) is 21.4 Å². The largest absolute Gasteiger partial charge is 0.401 e. The molecular formula is C6H2Cl4O6S2. The Morgan fingerprint density at radius 2 is 1.17 bits per heavy atom. The van der Waals surface area contributed by atoms with Crippen LogP contribution in [-0.4, -0.2) is 16.8 Å². The maximum Gasteiger partial charge on any atom is 0.401 e. The smallest absolute Gasteiger partial charge is 0.369 e. The van der Waals surface area contributed by atoms with Gasteiger partial charge < -0.3 is 8.37 Å². The van der Waals surface area contributed by atoms with Crippen molar-refractivity contribution < 1.29 is 25.2 Å². The van der Waals surface area contributed by atoms with Crippen LogP contribution < -0.4 is 8.37 Å². The van der Waals surface area contributed by atoms with E-state index in [4.69, 9.17) is 44.6 Å². The lowest BCUT2D eigenvalue weighted by Crippen LogP contribution is -2.04. The summed E-state index contributed by atoms with van der Waals surface area (Å²) in [6, 6.07) is 2.00. The molecule has 0 heterocycles. The highest BCUT2D eigenvalue weighted by molar-refractivity contribution is 8.10. The zero-order chi connectivity index (χ0) is 14.1. The van der Waals surface area contributed by atoms with E-state index in [-0.39, 0.29) is 5.02 Å². The van der Waals surface area contributed by atoms with Crippen molar-refractivity contribution in [1.29, 1.82) is 0 Å². The minimum atomic E-state index is -4.39. The monoisotopic (exact) mass is 374 g/mol. The number of rotatable bonds is 4. The van der Waals surface area contributed by atoms with Crippen LogP contribution in [-0.2, 0) is 18.7 Å². The van der Waals surface area contributed by atoms with E-state index in [9.17, 15) is 16.8 Å². The standard InChI is InChI=1S/C6H2Cl4O6S2/c7-3-1-4(15-17(9,11)12)6(8)5(2-3)16-18(10,13)14/h1-2H. The van der Waals surface area contributed by atoms with Gasteiger partial charge in [0.2, 0.25) is 0 Å². The van der Waals surface area contributed by atoms with E-state index >= 15 is 0 Å². The van der Waals surface area contributed by atoms with Crippen LogP contribution >= 0.6 is 44.6 Å². The van der Waals surface area contributed by atoms with Gasteiger partial charge in [-0.3, -0.25) is 0 Å². The summed E-state index contributed by atoms with van der Waals surface area (Å²) in [5.41, 5.74) is 0. The second kappa shape index (κ2) is 5.48. The van der Waals surface area contributed by atoms with Crippen molar-refractivity contribution in [2.45, 2.75) is 0 Å². The highest BCUT2D eigenvalue weighted by atomic mass is 35.7. The summed E-state index contributed by atoms with van der Waals surface area (Å²) in [6.45, 7) is 0. The molecule has 1 aromatic carbocycles. The molecular weight excluding hydrogens is 374 g/mol. The lowest BCUT2D eigenvalue weighted by molar-refractivity contribution is 0.493. The Kier molecular flexibility index (Phi) is 4.85. The van der Waals surface area contributed by atoms with Gasteiger partial charge in [0.25, 0.3) is 0 Å². The average Bonchev–Trinajstić information content (AvgIpc) is 2.07. The normalized spacial score (nSPS) is 12.2. The maximum atomic E-state index is 10.7. The third kappa shape index (κ3) is 5.25. The Morgan fingerprint density at radius 3 is 1.44 bits per heavy atom. The molecule has 0 aromatic heterocycles. The number of halogens is 4. The Morgan fingerprint density at radius 1 is 0.833 bits per heavy atom. The predicted octanol–water partition coefficient (Wildman–Crippen LogP) is 2.72.